The van der Waals surface area contributed by atoms with Crippen molar-refractivity contribution in [2.45, 2.75) is 44.8 Å². The lowest BCUT2D eigenvalue weighted by Gasteiger charge is -2.36. The van der Waals surface area contributed by atoms with Gasteiger partial charge in [-0.3, -0.25) is 4.79 Å². The topological polar surface area (TPSA) is 38.8 Å². The summed E-state index contributed by atoms with van der Waals surface area (Å²) in [5, 5.41) is 0. The van der Waals surface area contributed by atoms with Gasteiger partial charge in [-0.2, -0.15) is 8.78 Å². The van der Waals surface area contributed by atoms with Gasteiger partial charge in [-0.15, -0.1) is 0 Å². The fraction of sp³-hybridized carbons (Fsp3) is 0.588. The number of halogens is 2. The number of amides is 1. The molecule has 1 amide bonds. The first-order valence-corrected chi connectivity index (χ1v) is 7.97. The molecule has 1 aromatic carbocycles. The summed E-state index contributed by atoms with van der Waals surface area (Å²) >= 11 is 0. The SMILES string of the molecule is COCCC[C@H]1CCCCN1C(=O)c1ccccc1OC(F)F. The second-order valence-electron chi connectivity index (χ2n) is 5.66. The molecule has 1 aliphatic rings. The third-order valence-corrected chi connectivity index (χ3v) is 4.11. The summed E-state index contributed by atoms with van der Waals surface area (Å²) in [5.74, 6) is -0.294. The Morgan fingerprint density at radius 3 is 2.87 bits per heavy atom. The van der Waals surface area contributed by atoms with Gasteiger partial charge in [0.05, 0.1) is 5.56 Å². The summed E-state index contributed by atoms with van der Waals surface area (Å²) in [6.45, 7) is -1.63. The molecule has 1 aromatic rings. The van der Waals surface area contributed by atoms with Gasteiger partial charge in [0.2, 0.25) is 0 Å². The molecule has 0 bridgehead atoms. The van der Waals surface area contributed by atoms with Crippen LogP contribution in [-0.2, 0) is 4.74 Å². The average Bonchev–Trinajstić information content (AvgIpc) is 2.55. The molecule has 0 aliphatic carbocycles. The highest BCUT2D eigenvalue weighted by Gasteiger charge is 2.29. The quantitative estimate of drug-likeness (QED) is 0.717. The van der Waals surface area contributed by atoms with E-state index >= 15 is 0 Å². The second-order valence-corrected chi connectivity index (χ2v) is 5.66. The molecule has 1 heterocycles. The van der Waals surface area contributed by atoms with Crippen LogP contribution in [0.3, 0.4) is 0 Å². The van der Waals surface area contributed by atoms with Crippen molar-refractivity contribution in [1.29, 1.82) is 0 Å². The maximum absolute atomic E-state index is 12.8. The summed E-state index contributed by atoms with van der Waals surface area (Å²) < 4.78 is 34.6. The van der Waals surface area contributed by atoms with Crippen molar-refractivity contribution in [2.24, 2.45) is 0 Å². The van der Waals surface area contributed by atoms with Crippen molar-refractivity contribution in [3.8, 4) is 5.75 Å². The minimum absolute atomic E-state index is 0.0614. The zero-order valence-electron chi connectivity index (χ0n) is 13.3. The van der Waals surface area contributed by atoms with E-state index in [1.807, 2.05) is 0 Å². The number of benzene rings is 1. The number of hydrogen-bond donors (Lipinski definition) is 0. The predicted molar refractivity (Wildman–Crippen MR) is 82.9 cm³/mol. The lowest BCUT2D eigenvalue weighted by Crippen LogP contribution is -2.44. The number of rotatable bonds is 7. The molecule has 0 N–H and O–H groups in total. The van der Waals surface area contributed by atoms with Crippen molar-refractivity contribution in [3.05, 3.63) is 29.8 Å². The molecule has 0 saturated carbocycles. The highest BCUT2D eigenvalue weighted by Crippen LogP contribution is 2.27. The lowest BCUT2D eigenvalue weighted by atomic mass is 9.97. The van der Waals surface area contributed by atoms with Crippen molar-refractivity contribution in [3.63, 3.8) is 0 Å². The molecular weight excluding hydrogens is 304 g/mol. The monoisotopic (exact) mass is 327 g/mol. The van der Waals surface area contributed by atoms with E-state index in [-0.39, 0.29) is 23.3 Å². The van der Waals surface area contributed by atoms with Gasteiger partial charge in [0.25, 0.3) is 5.91 Å². The summed E-state index contributed by atoms with van der Waals surface area (Å²) in [4.78, 5) is 14.6. The lowest BCUT2D eigenvalue weighted by molar-refractivity contribution is -0.0503. The molecule has 1 saturated heterocycles. The first-order chi connectivity index (χ1) is 11.1. The Labute approximate surface area is 135 Å². The number of methoxy groups -OCH3 is 1. The molecule has 1 aliphatic heterocycles. The molecule has 23 heavy (non-hydrogen) atoms. The maximum atomic E-state index is 12.8. The normalized spacial score (nSPS) is 18.3. The van der Waals surface area contributed by atoms with E-state index in [0.717, 1.165) is 32.1 Å². The van der Waals surface area contributed by atoms with E-state index in [2.05, 4.69) is 4.74 Å². The summed E-state index contributed by atoms with van der Waals surface area (Å²) in [7, 11) is 1.65. The third-order valence-electron chi connectivity index (χ3n) is 4.11. The zero-order chi connectivity index (χ0) is 16.7. The highest BCUT2D eigenvalue weighted by molar-refractivity contribution is 5.97. The van der Waals surface area contributed by atoms with Crippen molar-refractivity contribution >= 4 is 5.91 Å². The van der Waals surface area contributed by atoms with Gasteiger partial charge < -0.3 is 14.4 Å². The molecule has 0 aromatic heterocycles. The fourth-order valence-electron chi connectivity index (χ4n) is 3.03. The third kappa shape index (κ3) is 4.89. The zero-order valence-corrected chi connectivity index (χ0v) is 13.3. The number of hydrogen-bond acceptors (Lipinski definition) is 3. The van der Waals surface area contributed by atoms with E-state index in [0.29, 0.717) is 13.2 Å². The van der Waals surface area contributed by atoms with Crippen LogP contribution in [-0.4, -0.2) is 43.7 Å². The van der Waals surface area contributed by atoms with Crippen LogP contribution in [0.5, 0.6) is 5.75 Å². The Balaban J connectivity index is 2.13. The van der Waals surface area contributed by atoms with Gasteiger partial charge in [0, 0.05) is 26.3 Å². The molecule has 0 spiro atoms. The number of alkyl halides is 2. The van der Waals surface area contributed by atoms with E-state index < -0.39 is 6.61 Å². The van der Waals surface area contributed by atoms with Gasteiger partial charge in [0.15, 0.2) is 0 Å². The van der Waals surface area contributed by atoms with Gasteiger partial charge in [-0.1, -0.05) is 12.1 Å². The summed E-state index contributed by atoms with van der Waals surface area (Å²) in [6, 6.07) is 6.33. The summed E-state index contributed by atoms with van der Waals surface area (Å²) in [5.41, 5.74) is 0.200. The van der Waals surface area contributed by atoms with E-state index in [1.54, 1.807) is 30.2 Å². The van der Waals surface area contributed by atoms with Crippen LogP contribution in [0.25, 0.3) is 0 Å². The largest absolute Gasteiger partial charge is 0.434 e. The molecule has 6 heteroatoms. The van der Waals surface area contributed by atoms with Gasteiger partial charge in [0.1, 0.15) is 5.75 Å². The minimum atomic E-state index is -2.94. The Morgan fingerprint density at radius 2 is 2.13 bits per heavy atom. The number of ether oxygens (including phenoxy) is 2. The molecule has 1 fully saturated rings. The van der Waals surface area contributed by atoms with Crippen LogP contribution >= 0.6 is 0 Å². The van der Waals surface area contributed by atoms with E-state index in [4.69, 9.17) is 4.74 Å². The Bertz CT molecular complexity index is 510. The smallest absolute Gasteiger partial charge is 0.387 e. The maximum Gasteiger partial charge on any atom is 0.387 e. The number of para-hydroxylation sites is 1. The number of likely N-dealkylation sites (tertiary alicyclic amines) is 1. The van der Waals surface area contributed by atoms with Gasteiger partial charge in [-0.05, 0) is 44.2 Å². The predicted octanol–water partition coefficient (Wildman–Crippen LogP) is 3.71. The number of carbonyl (C=O) groups excluding carboxylic acids is 1. The summed E-state index contributed by atoms with van der Waals surface area (Å²) in [6.07, 6.45) is 4.69. The Hall–Kier alpha value is -1.69. The standard InChI is InChI=1S/C17H23F2NO3/c1-22-12-6-8-13-7-4-5-11-20(13)16(21)14-9-2-3-10-15(14)23-17(18)19/h2-3,9-10,13,17H,4-8,11-12H2,1H3/t13-/m1/s1. The van der Waals surface area contributed by atoms with Crippen LogP contribution < -0.4 is 4.74 Å². The van der Waals surface area contributed by atoms with Crippen LogP contribution in [0.4, 0.5) is 8.78 Å². The van der Waals surface area contributed by atoms with Gasteiger partial charge >= 0.3 is 6.61 Å². The molecule has 0 unspecified atom stereocenters. The number of carbonyl (C=O) groups is 1. The number of nitrogens with zero attached hydrogens (tertiary/aromatic N) is 1. The Kier molecular flexibility index (Phi) is 6.77. The van der Waals surface area contributed by atoms with Crippen molar-refractivity contribution < 1.29 is 23.0 Å². The molecule has 2 rings (SSSR count). The molecular formula is C17H23F2NO3. The number of piperidine rings is 1. The average molecular weight is 327 g/mol. The van der Waals surface area contributed by atoms with Crippen LogP contribution in [0.1, 0.15) is 42.5 Å². The van der Waals surface area contributed by atoms with E-state index in [1.165, 1.54) is 6.07 Å². The van der Waals surface area contributed by atoms with Crippen molar-refractivity contribution in [1.82, 2.24) is 4.90 Å². The first-order valence-electron chi connectivity index (χ1n) is 7.97. The van der Waals surface area contributed by atoms with Crippen LogP contribution in [0.2, 0.25) is 0 Å². The van der Waals surface area contributed by atoms with Crippen LogP contribution in [0.15, 0.2) is 24.3 Å². The van der Waals surface area contributed by atoms with E-state index in [9.17, 15) is 13.6 Å². The minimum Gasteiger partial charge on any atom is -0.434 e. The molecule has 128 valence electrons. The highest BCUT2D eigenvalue weighted by atomic mass is 19.3. The second kappa shape index (κ2) is 8.82. The van der Waals surface area contributed by atoms with Gasteiger partial charge in [-0.25, -0.2) is 0 Å². The Morgan fingerprint density at radius 1 is 1.35 bits per heavy atom. The van der Waals surface area contributed by atoms with Crippen molar-refractivity contribution in [2.75, 3.05) is 20.3 Å². The molecule has 4 nitrogen and oxygen atoms in total. The van der Waals surface area contributed by atoms with Crippen LogP contribution in [0, 0.1) is 0 Å². The first kappa shape index (κ1) is 17.7. The molecule has 1 atom stereocenters. The fourth-order valence-corrected chi connectivity index (χ4v) is 3.03. The molecule has 0 radical (unpaired) electrons.